The third-order valence-electron chi connectivity index (χ3n) is 3.64. The number of H-pyrrole nitrogens is 1. The van der Waals surface area contributed by atoms with Crippen LogP contribution in [0.1, 0.15) is 19.5 Å². The maximum atomic E-state index is 11.7. The van der Waals surface area contributed by atoms with Gasteiger partial charge in [0.2, 0.25) is 0 Å². The minimum atomic E-state index is -3.23. The number of thiophene rings is 1. The Labute approximate surface area is 144 Å². The fourth-order valence-electron chi connectivity index (χ4n) is 2.27. The highest BCUT2D eigenvalue weighted by Crippen LogP contribution is 2.35. The van der Waals surface area contributed by atoms with Crippen molar-refractivity contribution >= 4 is 21.2 Å². The third kappa shape index (κ3) is 3.43. The van der Waals surface area contributed by atoms with E-state index in [1.807, 2.05) is 24.3 Å². The summed E-state index contributed by atoms with van der Waals surface area (Å²) in [5.74, 6) is 0. The van der Waals surface area contributed by atoms with E-state index in [4.69, 9.17) is 0 Å². The molecule has 5 nitrogen and oxygen atoms in total. The van der Waals surface area contributed by atoms with E-state index in [2.05, 4.69) is 10.2 Å². The smallest absolute Gasteiger partial charge is 0.175 e. The zero-order valence-electron chi connectivity index (χ0n) is 13.6. The molecule has 2 aromatic heterocycles. The minimum Gasteiger partial charge on any atom is -0.384 e. The number of aromatic amines is 1. The molecule has 0 aliphatic heterocycles. The first-order chi connectivity index (χ1) is 11.1. The Kier molecular flexibility index (Phi) is 4.11. The summed E-state index contributed by atoms with van der Waals surface area (Å²) < 4.78 is 23.4. The van der Waals surface area contributed by atoms with Gasteiger partial charge in [-0.05, 0) is 49.7 Å². The van der Waals surface area contributed by atoms with Crippen molar-refractivity contribution in [2.75, 3.05) is 6.26 Å². The number of hydrogen-bond donors (Lipinski definition) is 2. The van der Waals surface area contributed by atoms with Crippen molar-refractivity contribution in [3.8, 4) is 21.0 Å². The SMILES string of the molecule is CC(C)(O)c1cc(-c2ccc(-c3cccc(S(C)(=O)=O)c3)s2)n[nH]1. The van der Waals surface area contributed by atoms with Gasteiger partial charge in [0.05, 0.1) is 15.5 Å². The van der Waals surface area contributed by atoms with Crippen molar-refractivity contribution in [3.63, 3.8) is 0 Å². The van der Waals surface area contributed by atoms with Crippen molar-refractivity contribution in [1.82, 2.24) is 10.2 Å². The molecule has 0 bridgehead atoms. The maximum absolute atomic E-state index is 11.7. The largest absolute Gasteiger partial charge is 0.384 e. The number of nitrogens with one attached hydrogen (secondary N) is 1. The van der Waals surface area contributed by atoms with Gasteiger partial charge in [0.25, 0.3) is 0 Å². The van der Waals surface area contributed by atoms with Crippen molar-refractivity contribution in [2.45, 2.75) is 24.3 Å². The van der Waals surface area contributed by atoms with Crippen LogP contribution in [0, 0.1) is 0 Å². The Morgan fingerprint density at radius 2 is 1.83 bits per heavy atom. The average Bonchev–Trinajstić information content (AvgIpc) is 3.15. The van der Waals surface area contributed by atoms with Gasteiger partial charge in [-0.1, -0.05) is 12.1 Å². The Hall–Kier alpha value is -1.96. The lowest BCUT2D eigenvalue weighted by Gasteiger charge is -2.13. The standard InChI is InChI=1S/C17H18N2O3S2/c1-17(2,20)16-10-13(18-19-16)15-8-7-14(23-15)11-5-4-6-12(9-11)24(3,21)22/h4-10,20H,1-3H3,(H,18,19). The van der Waals surface area contributed by atoms with E-state index < -0.39 is 15.4 Å². The Bertz CT molecular complexity index is 979. The normalized spacial score (nSPS) is 12.5. The second-order valence-corrected chi connectivity index (χ2v) is 9.29. The van der Waals surface area contributed by atoms with E-state index in [0.717, 1.165) is 21.0 Å². The molecule has 126 valence electrons. The van der Waals surface area contributed by atoms with Gasteiger partial charge in [-0.25, -0.2) is 8.42 Å². The summed E-state index contributed by atoms with van der Waals surface area (Å²) in [6, 6.07) is 12.6. The summed E-state index contributed by atoms with van der Waals surface area (Å²) in [7, 11) is -3.23. The van der Waals surface area contributed by atoms with Gasteiger partial charge in [-0.3, -0.25) is 5.10 Å². The van der Waals surface area contributed by atoms with Crippen molar-refractivity contribution < 1.29 is 13.5 Å². The highest BCUT2D eigenvalue weighted by molar-refractivity contribution is 7.90. The molecule has 0 aliphatic carbocycles. The molecule has 0 saturated carbocycles. The van der Waals surface area contributed by atoms with E-state index in [1.165, 1.54) is 17.6 Å². The van der Waals surface area contributed by atoms with Crippen LogP contribution >= 0.6 is 11.3 Å². The first-order valence-electron chi connectivity index (χ1n) is 7.33. The van der Waals surface area contributed by atoms with Gasteiger partial charge >= 0.3 is 0 Å². The molecule has 0 unspecified atom stereocenters. The molecule has 0 saturated heterocycles. The molecule has 1 aromatic carbocycles. The summed E-state index contributed by atoms with van der Waals surface area (Å²) in [5.41, 5.74) is 1.27. The molecular weight excluding hydrogens is 344 g/mol. The van der Waals surface area contributed by atoms with Gasteiger partial charge in [-0.2, -0.15) is 5.10 Å². The predicted molar refractivity (Wildman–Crippen MR) is 95.7 cm³/mol. The second-order valence-electron chi connectivity index (χ2n) is 6.19. The highest BCUT2D eigenvalue weighted by atomic mass is 32.2. The monoisotopic (exact) mass is 362 g/mol. The van der Waals surface area contributed by atoms with Crippen LogP contribution in [0.5, 0.6) is 0 Å². The van der Waals surface area contributed by atoms with Crippen molar-refractivity contribution in [3.05, 3.63) is 48.2 Å². The fourth-order valence-corrected chi connectivity index (χ4v) is 3.90. The van der Waals surface area contributed by atoms with Crippen molar-refractivity contribution in [2.24, 2.45) is 0 Å². The molecule has 3 aromatic rings. The Balaban J connectivity index is 1.96. The van der Waals surface area contributed by atoms with E-state index in [1.54, 1.807) is 32.0 Å². The minimum absolute atomic E-state index is 0.305. The first kappa shape index (κ1) is 16.9. The van der Waals surface area contributed by atoms with E-state index in [9.17, 15) is 13.5 Å². The molecule has 0 amide bonds. The molecule has 3 rings (SSSR count). The zero-order valence-corrected chi connectivity index (χ0v) is 15.2. The molecule has 0 fully saturated rings. The molecule has 2 heterocycles. The van der Waals surface area contributed by atoms with Gasteiger partial charge in [0, 0.05) is 11.1 Å². The molecule has 0 atom stereocenters. The van der Waals surface area contributed by atoms with Gasteiger partial charge in [-0.15, -0.1) is 11.3 Å². The lowest BCUT2D eigenvalue weighted by Crippen LogP contribution is -2.15. The van der Waals surface area contributed by atoms with Crippen LogP contribution < -0.4 is 0 Å². The Morgan fingerprint density at radius 1 is 1.12 bits per heavy atom. The summed E-state index contributed by atoms with van der Waals surface area (Å²) in [6.45, 7) is 3.39. The number of sulfone groups is 1. The van der Waals surface area contributed by atoms with Gasteiger partial charge in [0.1, 0.15) is 11.3 Å². The molecule has 24 heavy (non-hydrogen) atoms. The van der Waals surface area contributed by atoms with E-state index in [0.29, 0.717) is 10.6 Å². The summed E-state index contributed by atoms with van der Waals surface area (Å²) in [6.07, 6.45) is 1.20. The number of hydrogen-bond acceptors (Lipinski definition) is 5. The molecular formula is C17H18N2O3S2. The lowest BCUT2D eigenvalue weighted by atomic mass is 10.1. The Morgan fingerprint density at radius 3 is 2.46 bits per heavy atom. The number of aromatic nitrogens is 2. The number of nitrogens with zero attached hydrogens (tertiary/aromatic N) is 1. The van der Waals surface area contributed by atoms with Crippen LogP contribution in [0.4, 0.5) is 0 Å². The quantitative estimate of drug-likeness (QED) is 0.745. The van der Waals surface area contributed by atoms with Crippen LogP contribution in [0.25, 0.3) is 21.0 Å². The fraction of sp³-hybridized carbons (Fsp3) is 0.235. The third-order valence-corrected chi connectivity index (χ3v) is 5.91. The summed E-state index contributed by atoms with van der Waals surface area (Å²) in [5, 5.41) is 17.1. The molecule has 0 aliphatic rings. The molecule has 2 N–H and O–H groups in total. The zero-order chi connectivity index (χ0) is 17.5. The first-order valence-corrected chi connectivity index (χ1v) is 10.0. The number of aliphatic hydroxyl groups is 1. The maximum Gasteiger partial charge on any atom is 0.175 e. The second kappa shape index (κ2) is 5.84. The average molecular weight is 362 g/mol. The molecule has 0 spiro atoms. The van der Waals surface area contributed by atoms with Crippen molar-refractivity contribution in [1.29, 1.82) is 0 Å². The van der Waals surface area contributed by atoms with Gasteiger partial charge in [0.15, 0.2) is 9.84 Å². The van der Waals surface area contributed by atoms with Crippen LogP contribution in [0.15, 0.2) is 47.4 Å². The van der Waals surface area contributed by atoms with Crippen LogP contribution in [0.2, 0.25) is 0 Å². The number of benzene rings is 1. The highest BCUT2D eigenvalue weighted by Gasteiger charge is 2.20. The van der Waals surface area contributed by atoms with E-state index in [-0.39, 0.29) is 0 Å². The predicted octanol–water partition coefficient (Wildman–Crippen LogP) is 3.44. The van der Waals surface area contributed by atoms with E-state index >= 15 is 0 Å². The summed E-state index contributed by atoms with van der Waals surface area (Å²) in [4.78, 5) is 2.21. The van der Waals surface area contributed by atoms with Crippen LogP contribution in [-0.4, -0.2) is 30.0 Å². The molecule has 7 heteroatoms. The van der Waals surface area contributed by atoms with Crippen LogP contribution in [0.3, 0.4) is 0 Å². The topological polar surface area (TPSA) is 83.0 Å². The summed E-state index contributed by atoms with van der Waals surface area (Å²) >= 11 is 1.52. The van der Waals surface area contributed by atoms with Gasteiger partial charge < -0.3 is 5.11 Å². The number of rotatable bonds is 4. The van der Waals surface area contributed by atoms with Crippen LogP contribution in [-0.2, 0) is 15.4 Å². The molecule has 0 radical (unpaired) electrons. The lowest BCUT2D eigenvalue weighted by molar-refractivity contribution is 0.0738.